The summed E-state index contributed by atoms with van der Waals surface area (Å²) in [6.45, 7) is 2.21. The average molecular weight is 302 g/mol. The Balaban J connectivity index is 2.42. The maximum absolute atomic E-state index is 13.5. The minimum Gasteiger partial charge on any atom is -0.481 e. The highest BCUT2D eigenvalue weighted by Gasteiger charge is 2.13. The second kappa shape index (κ2) is 7.85. The summed E-state index contributed by atoms with van der Waals surface area (Å²) in [6.07, 6.45) is 0.420. The lowest BCUT2D eigenvalue weighted by Gasteiger charge is -2.12. The minimum absolute atomic E-state index is 0.0474. The summed E-state index contributed by atoms with van der Waals surface area (Å²) in [5.41, 5.74) is 0.171. The summed E-state index contributed by atoms with van der Waals surface area (Å²) < 4.78 is 13.5. The van der Waals surface area contributed by atoms with E-state index in [9.17, 15) is 14.0 Å². The molecule has 0 aliphatic rings. The van der Waals surface area contributed by atoms with Crippen LogP contribution in [0.4, 0.5) is 4.39 Å². The van der Waals surface area contributed by atoms with E-state index in [1.165, 1.54) is 18.2 Å². The van der Waals surface area contributed by atoms with Gasteiger partial charge in [-0.2, -0.15) is 0 Å². The predicted octanol–water partition coefficient (Wildman–Crippen LogP) is 2.64. The fourth-order valence-electron chi connectivity index (χ4n) is 1.68. The van der Waals surface area contributed by atoms with Crippen LogP contribution < -0.4 is 5.32 Å². The van der Waals surface area contributed by atoms with Crippen molar-refractivity contribution in [1.82, 2.24) is 5.32 Å². The van der Waals surface area contributed by atoms with Gasteiger partial charge < -0.3 is 10.4 Å². The number of carboxylic acids is 1. The Morgan fingerprint density at radius 1 is 1.45 bits per heavy atom. The number of carbonyl (C=O) groups excluding carboxylic acids is 1. The molecule has 1 amide bonds. The fourth-order valence-corrected chi connectivity index (χ4v) is 1.91. The molecule has 0 bridgehead atoms. The van der Waals surface area contributed by atoms with Crippen molar-refractivity contribution in [2.45, 2.75) is 26.2 Å². The van der Waals surface area contributed by atoms with Gasteiger partial charge in [-0.3, -0.25) is 9.59 Å². The first kappa shape index (κ1) is 16.4. The molecule has 1 aromatic carbocycles. The summed E-state index contributed by atoms with van der Waals surface area (Å²) in [6, 6.07) is 4.26. The average Bonchev–Trinajstić information content (AvgIpc) is 2.38. The lowest BCUT2D eigenvalue weighted by atomic mass is 10.1. The summed E-state index contributed by atoms with van der Waals surface area (Å²) in [4.78, 5) is 22.1. The van der Waals surface area contributed by atoms with Crippen LogP contribution in [0.15, 0.2) is 18.2 Å². The second-order valence-electron chi connectivity index (χ2n) is 4.72. The van der Waals surface area contributed by atoms with Crippen LogP contribution in [0.3, 0.4) is 0 Å². The molecular formula is C14H17ClFNO3. The molecule has 0 aliphatic carbocycles. The van der Waals surface area contributed by atoms with Crippen molar-refractivity contribution in [2.24, 2.45) is 5.92 Å². The van der Waals surface area contributed by atoms with Gasteiger partial charge in [-0.25, -0.2) is 4.39 Å². The number of rotatable bonds is 7. The molecule has 0 heterocycles. The first-order chi connectivity index (χ1) is 9.40. The molecule has 1 unspecified atom stereocenters. The van der Waals surface area contributed by atoms with Gasteiger partial charge in [0, 0.05) is 23.6 Å². The van der Waals surface area contributed by atoms with Crippen molar-refractivity contribution in [2.75, 3.05) is 6.54 Å². The van der Waals surface area contributed by atoms with E-state index in [2.05, 4.69) is 5.32 Å². The molecular weight excluding hydrogens is 285 g/mol. The number of hydrogen-bond donors (Lipinski definition) is 2. The van der Waals surface area contributed by atoms with Gasteiger partial charge in [0.1, 0.15) is 5.82 Å². The van der Waals surface area contributed by atoms with E-state index in [0.717, 1.165) is 0 Å². The maximum Gasteiger partial charge on any atom is 0.303 e. The van der Waals surface area contributed by atoms with E-state index in [1.807, 2.05) is 6.92 Å². The molecule has 0 aromatic heterocycles. The molecule has 20 heavy (non-hydrogen) atoms. The van der Waals surface area contributed by atoms with Crippen molar-refractivity contribution in [3.63, 3.8) is 0 Å². The highest BCUT2D eigenvalue weighted by atomic mass is 35.5. The van der Waals surface area contributed by atoms with E-state index in [0.29, 0.717) is 13.0 Å². The zero-order chi connectivity index (χ0) is 15.1. The maximum atomic E-state index is 13.5. The normalized spacial score (nSPS) is 11.9. The number of halogens is 2. The van der Waals surface area contributed by atoms with Crippen LogP contribution in [-0.4, -0.2) is 23.5 Å². The Hall–Kier alpha value is -1.62. The van der Waals surface area contributed by atoms with Crippen LogP contribution in [-0.2, 0) is 16.0 Å². The van der Waals surface area contributed by atoms with Gasteiger partial charge >= 0.3 is 5.97 Å². The summed E-state index contributed by atoms with van der Waals surface area (Å²) in [7, 11) is 0. The zero-order valence-corrected chi connectivity index (χ0v) is 11.9. The van der Waals surface area contributed by atoms with Crippen molar-refractivity contribution in [3.05, 3.63) is 34.6 Å². The molecule has 0 aliphatic heterocycles. The van der Waals surface area contributed by atoms with Crippen molar-refractivity contribution in [3.8, 4) is 0 Å². The molecule has 0 radical (unpaired) electrons. The Bertz CT molecular complexity index is 473. The zero-order valence-electron chi connectivity index (χ0n) is 11.2. The number of nitrogens with one attached hydrogen (secondary N) is 1. The summed E-state index contributed by atoms with van der Waals surface area (Å²) in [5, 5.41) is 11.4. The Morgan fingerprint density at radius 3 is 2.75 bits per heavy atom. The first-order valence-corrected chi connectivity index (χ1v) is 6.69. The molecule has 6 heteroatoms. The fraction of sp³-hybridized carbons (Fsp3) is 0.429. The van der Waals surface area contributed by atoms with Crippen molar-refractivity contribution < 1.29 is 19.1 Å². The molecule has 1 rings (SSSR count). The third-order valence-corrected chi connectivity index (χ3v) is 3.25. The SMILES string of the molecule is CC(CCC(=O)O)CNC(=O)Cc1c(F)cccc1Cl. The van der Waals surface area contributed by atoms with Gasteiger partial charge in [0.05, 0.1) is 6.42 Å². The predicted molar refractivity (Wildman–Crippen MR) is 74.2 cm³/mol. The monoisotopic (exact) mass is 301 g/mol. The number of amides is 1. The molecule has 1 aromatic rings. The minimum atomic E-state index is -0.860. The molecule has 0 fully saturated rings. The largest absolute Gasteiger partial charge is 0.481 e. The quantitative estimate of drug-likeness (QED) is 0.813. The topological polar surface area (TPSA) is 66.4 Å². The van der Waals surface area contributed by atoms with Crippen LogP contribution in [0, 0.1) is 11.7 Å². The number of carboxylic acid groups (broad SMARTS) is 1. The lowest BCUT2D eigenvalue weighted by Crippen LogP contribution is -2.30. The van der Waals surface area contributed by atoms with Crippen LogP contribution in [0.1, 0.15) is 25.3 Å². The standard InChI is InChI=1S/C14H17ClFNO3/c1-9(5-6-14(19)20)8-17-13(18)7-10-11(15)3-2-4-12(10)16/h2-4,9H,5-8H2,1H3,(H,17,18)(H,19,20). The third kappa shape index (κ3) is 5.57. The van der Waals surface area contributed by atoms with Crippen LogP contribution in [0.5, 0.6) is 0 Å². The molecule has 0 spiro atoms. The Morgan fingerprint density at radius 2 is 2.15 bits per heavy atom. The third-order valence-electron chi connectivity index (χ3n) is 2.90. The van der Waals surface area contributed by atoms with Crippen LogP contribution in [0.25, 0.3) is 0 Å². The summed E-state index contributed by atoms with van der Waals surface area (Å²) >= 11 is 5.84. The van der Waals surface area contributed by atoms with Gasteiger partial charge in [0.15, 0.2) is 0 Å². The number of hydrogen-bond acceptors (Lipinski definition) is 2. The van der Waals surface area contributed by atoms with Gasteiger partial charge in [0.25, 0.3) is 0 Å². The van der Waals surface area contributed by atoms with Crippen molar-refractivity contribution >= 4 is 23.5 Å². The molecule has 4 nitrogen and oxygen atoms in total. The van der Waals surface area contributed by atoms with Crippen LogP contribution in [0.2, 0.25) is 5.02 Å². The van der Waals surface area contributed by atoms with Gasteiger partial charge in [-0.05, 0) is 24.5 Å². The second-order valence-corrected chi connectivity index (χ2v) is 5.13. The number of carbonyl (C=O) groups is 2. The highest BCUT2D eigenvalue weighted by molar-refractivity contribution is 6.31. The Kier molecular flexibility index (Phi) is 6.45. The molecule has 0 saturated heterocycles. The molecule has 110 valence electrons. The smallest absolute Gasteiger partial charge is 0.303 e. The lowest BCUT2D eigenvalue weighted by molar-refractivity contribution is -0.137. The first-order valence-electron chi connectivity index (χ1n) is 6.31. The highest BCUT2D eigenvalue weighted by Crippen LogP contribution is 2.19. The van der Waals surface area contributed by atoms with Crippen molar-refractivity contribution in [1.29, 1.82) is 0 Å². The van der Waals surface area contributed by atoms with E-state index in [4.69, 9.17) is 16.7 Å². The van der Waals surface area contributed by atoms with E-state index >= 15 is 0 Å². The van der Waals surface area contributed by atoms with Crippen LogP contribution >= 0.6 is 11.6 Å². The Labute approximate surface area is 121 Å². The molecule has 1 atom stereocenters. The van der Waals surface area contributed by atoms with E-state index in [1.54, 1.807) is 0 Å². The van der Waals surface area contributed by atoms with E-state index < -0.39 is 11.8 Å². The van der Waals surface area contributed by atoms with E-state index in [-0.39, 0.29) is 35.3 Å². The summed E-state index contributed by atoms with van der Waals surface area (Å²) in [5.74, 6) is -1.65. The van der Waals surface area contributed by atoms with Gasteiger partial charge in [-0.15, -0.1) is 0 Å². The van der Waals surface area contributed by atoms with Gasteiger partial charge in [-0.1, -0.05) is 24.6 Å². The van der Waals surface area contributed by atoms with Gasteiger partial charge in [0.2, 0.25) is 5.91 Å². The molecule has 2 N–H and O–H groups in total. The number of aliphatic carboxylic acids is 1. The molecule has 0 saturated carbocycles. The number of benzene rings is 1.